The third-order valence-corrected chi connectivity index (χ3v) is 3.73. The Hall–Kier alpha value is -0.930. The summed E-state index contributed by atoms with van der Waals surface area (Å²) in [6, 6.07) is 7.33. The second-order valence-corrected chi connectivity index (χ2v) is 5.30. The molecule has 0 saturated carbocycles. The van der Waals surface area contributed by atoms with Crippen molar-refractivity contribution in [1.82, 2.24) is 5.32 Å². The average Bonchev–Trinajstić information content (AvgIpc) is 2.89. The monoisotopic (exact) mass is 265 g/mol. The summed E-state index contributed by atoms with van der Waals surface area (Å²) >= 11 is 0. The molecule has 106 valence electrons. The highest BCUT2D eigenvalue weighted by Gasteiger charge is 2.17. The Kier molecular flexibility index (Phi) is 5.80. The highest BCUT2D eigenvalue weighted by atomic mass is 19.1. The molecule has 2 nitrogen and oxygen atoms in total. The fourth-order valence-electron chi connectivity index (χ4n) is 2.77. The van der Waals surface area contributed by atoms with E-state index in [1.807, 2.05) is 6.07 Å². The van der Waals surface area contributed by atoms with Crippen LogP contribution in [0, 0.1) is 5.82 Å². The Bertz CT molecular complexity index is 377. The Morgan fingerprint density at radius 1 is 1.47 bits per heavy atom. The number of nitrogens with one attached hydrogen (secondary N) is 1. The van der Waals surface area contributed by atoms with E-state index < -0.39 is 0 Å². The van der Waals surface area contributed by atoms with Gasteiger partial charge in [-0.2, -0.15) is 0 Å². The van der Waals surface area contributed by atoms with Gasteiger partial charge in [-0.05, 0) is 56.3 Å². The molecular weight excluding hydrogens is 241 g/mol. The quantitative estimate of drug-likeness (QED) is 0.816. The van der Waals surface area contributed by atoms with Crippen molar-refractivity contribution in [1.29, 1.82) is 0 Å². The van der Waals surface area contributed by atoms with Crippen LogP contribution in [0.1, 0.15) is 38.2 Å². The van der Waals surface area contributed by atoms with Gasteiger partial charge in [0.15, 0.2) is 0 Å². The van der Waals surface area contributed by atoms with Crippen molar-refractivity contribution in [3.05, 3.63) is 35.6 Å². The van der Waals surface area contributed by atoms with Gasteiger partial charge in [0.05, 0.1) is 6.10 Å². The minimum atomic E-state index is -0.146. The molecule has 2 atom stereocenters. The van der Waals surface area contributed by atoms with Crippen molar-refractivity contribution < 1.29 is 9.13 Å². The smallest absolute Gasteiger partial charge is 0.123 e. The Morgan fingerprint density at radius 2 is 2.37 bits per heavy atom. The third-order valence-electron chi connectivity index (χ3n) is 3.73. The number of halogens is 1. The van der Waals surface area contributed by atoms with Gasteiger partial charge in [0.25, 0.3) is 0 Å². The lowest BCUT2D eigenvalue weighted by molar-refractivity contribution is 0.0996. The Morgan fingerprint density at radius 3 is 3.05 bits per heavy atom. The zero-order valence-corrected chi connectivity index (χ0v) is 11.7. The van der Waals surface area contributed by atoms with Crippen LogP contribution in [0.4, 0.5) is 4.39 Å². The predicted molar refractivity (Wildman–Crippen MR) is 75.8 cm³/mol. The predicted octanol–water partition coefficient (Wildman–Crippen LogP) is 3.31. The van der Waals surface area contributed by atoms with Crippen LogP contribution in [0.5, 0.6) is 0 Å². The summed E-state index contributed by atoms with van der Waals surface area (Å²) in [6.07, 6.45) is 5.91. The number of hydrogen-bond acceptors (Lipinski definition) is 2. The van der Waals surface area contributed by atoms with Gasteiger partial charge in [-0.25, -0.2) is 4.39 Å². The van der Waals surface area contributed by atoms with Gasteiger partial charge in [-0.1, -0.05) is 19.1 Å². The molecule has 2 unspecified atom stereocenters. The molecule has 1 aromatic carbocycles. The second-order valence-electron chi connectivity index (χ2n) is 5.30. The van der Waals surface area contributed by atoms with E-state index in [1.165, 1.54) is 18.9 Å². The molecule has 3 heteroatoms. The van der Waals surface area contributed by atoms with Crippen LogP contribution in [-0.4, -0.2) is 25.3 Å². The molecule has 19 heavy (non-hydrogen) atoms. The first kappa shape index (κ1) is 14.5. The molecule has 1 aliphatic heterocycles. The molecule has 1 saturated heterocycles. The molecule has 0 aliphatic carbocycles. The summed E-state index contributed by atoms with van der Waals surface area (Å²) in [5.74, 6) is -0.146. The molecule has 1 aromatic rings. The molecule has 0 spiro atoms. The van der Waals surface area contributed by atoms with Crippen molar-refractivity contribution in [2.24, 2.45) is 0 Å². The summed E-state index contributed by atoms with van der Waals surface area (Å²) in [7, 11) is 0. The van der Waals surface area contributed by atoms with Crippen LogP contribution in [-0.2, 0) is 11.2 Å². The number of rotatable bonds is 7. The first-order chi connectivity index (χ1) is 9.28. The summed E-state index contributed by atoms with van der Waals surface area (Å²) < 4.78 is 18.9. The van der Waals surface area contributed by atoms with E-state index in [1.54, 1.807) is 12.1 Å². The highest BCUT2D eigenvalue weighted by molar-refractivity contribution is 5.17. The van der Waals surface area contributed by atoms with Crippen molar-refractivity contribution in [2.45, 2.75) is 51.2 Å². The van der Waals surface area contributed by atoms with Gasteiger partial charge in [0.2, 0.25) is 0 Å². The van der Waals surface area contributed by atoms with E-state index in [9.17, 15) is 4.39 Å². The molecule has 0 amide bonds. The fraction of sp³-hybridized carbons (Fsp3) is 0.625. The van der Waals surface area contributed by atoms with Crippen LogP contribution in [0.15, 0.2) is 24.3 Å². The van der Waals surface area contributed by atoms with E-state index in [2.05, 4.69) is 12.2 Å². The molecule has 1 fully saturated rings. The third kappa shape index (κ3) is 4.92. The number of ether oxygens (including phenoxy) is 1. The maximum Gasteiger partial charge on any atom is 0.123 e. The van der Waals surface area contributed by atoms with Gasteiger partial charge in [-0.3, -0.25) is 0 Å². The minimum absolute atomic E-state index is 0.146. The molecule has 2 rings (SSSR count). The van der Waals surface area contributed by atoms with Gasteiger partial charge >= 0.3 is 0 Å². The molecule has 1 heterocycles. The van der Waals surface area contributed by atoms with Gasteiger partial charge in [-0.15, -0.1) is 0 Å². The van der Waals surface area contributed by atoms with Crippen molar-refractivity contribution >= 4 is 0 Å². The second kappa shape index (κ2) is 7.61. The first-order valence-corrected chi connectivity index (χ1v) is 7.37. The lowest BCUT2D eigenvalue weighted by Crippen LogP contribution is -2.32. The summed E-state index contributed by atoms with van der Waals surface area (Å²) in [5, 5.41) is 3.50. The lowest BCUT2D eigenvalue weighted by atomic mass is 9.99. The van der Waals surface area contributed by atoms with Gasteiger partial charge in [0.1, 0.15) is 5.82 Å². The highest BCUT2D eigenvalue weighted by Crippen LogP contribution is 2.19. The number of likely N-dealkylation sites (N-methyl/N-ethyl adjacent to an activating group) is 1. The largest absolute Gasteiger partial charge is 0.378 e. The maximum absolute atomic E-state index is 13.2. The molecule has 0 bridgehead atoms. The van der Waals surface area contributed by atoms with E-state index >= 15 is 0 Å². The summed E-state index contributed by atoms with van der Waals surface area (Å²) in [6.45, 7) is 3.98. The van der Waals surface area contributed by atoms with Gasteiger partial charge in [0, 0.05) is 12.6 Å². The number of hydrogen-bond donors (Lipinski definition) is 1. The van der Waals surface area contributed by atoms with Crippen LogP contribution >= 0.6 is 0 Å². The topological polar surface area (TPSA) is 21.3 Å². The van der Waals surface area contributed by atoms with Crippen molar-refractivity contribution in [3.63, 3.8) is 0 Å². The van der Waals surface area contributed by atoms with Crippen molar-refractivity contribution in [2.75, 3.05) is 13.2 Å². The summed E-state index contributed by atoms with van der Waals surface area (Å²) in [5.41, 5.74) is 1.07. The molecular formula is C16H24FNO. The maximum atomic E-state index is 13.2. The Balaban J connectivity index is 1.84. The molecule has 1 N–H and O–H groups in total. The SMILES string of the molecule is CCNC(CCC1CCCO1)Cc1cccc(F)c1. The van der Waals surface area contributed by atoms with E-state index in [-0.39, 0.29) is 5.82 Å². The lowest BCUT2D eigenvalue weighted by Gasteiger charge is -2.20. The average molecular weight is 265 g/mol. The van der Waals surface area contributed by atoms with Crippen LogP contribution in [0.3, 0.4) is 0 Å². The fourth-order valence-corrected chi connectivity index (χ4v) is 2.77. The van der Waals surface area contributed by atoms with Crippen molar-refractivity contribution in [3.8, 4) is 0 Å². The normalized spacial score (nSPS) is 20.6. The zero-order valence-electron chi connectivity index (χ0n) is 11.7. The standard InChI is InChI=1S/C16H24FNO/c1-2-18-15(8-9-16-7-4-10-19-16)12-13-5-3-6-14(17)11-13/h3,5-6,11,15-16,18H,2,4,7-10,12H2,1H3. The summed E-state index contributed by atoms with van der Waals surface area (Å²) in [4.78, 5) is 0. The molecule has 1 aliphatic rings. The zero-order chi connectivity index (χ0) is 13.5. The van der Waals surface area contributed by atoms with Gasteiger partial charge < -0.3 is 10.1 Å². The van der Waals surface area contributed by atoms with Crippen LogP contribution < -0.4 is 5.32 Å². The van der Waals surface area contributed by atoms with E-state index in [0.29, 0.717) is 12.1 Å². The first-order valence-electron chi connectivity index (χ1n) is 7.37. The Labute approximate surface area is 115 Å². The van der Waals surface area contributed by atoms with E-state index in [0.717, 1.165) is 38.0 Å². The van der Waals surface area contributed by atoms with Crippen LogP contribution in [0.2, 0.25) is 0 Å². The van der Waals surface area contributed by atoms with E-state index in [4.69, 9.17) is 4.74 Å². The minimum Gasteiger partial charge on any atom is -0.378 e. The molecule has 0 aromatic heterocycles. The van der Waals surface area contributed by atoms with Crippen LogP contribution in [0.25, 0.3) is 0 Å². The molecule has 0 radical (unpaired) electrons. The number of benzene rings is 1.